The Labute approximate surface area is 105 Å². The molecule has 1 aromatic heterocycles. The standard InChI is InChI=1S/C16H14FN/c1-11-3-2-4-13-10-15(18-16(11)13)9-12-5-7-14(17)8-6-12/h2-8,10,18H,9H2,1H3. The Balaban J connectivity index is 1.95. The van der Waals surface area contributed by atoms with Crippen molar-refractivity contribution in [1.29, 1.82) is 0 Å². The lowest BCUT2D eigenvalue weighted by Gasteiger charge is -1.98. The van der Waals surface area contributed by atoms with Crippen LogP contribution in [0.5, 0.6) is 0 Å². The molecular formula is C16H14FN. The molecule has 0 amide bonds. The lowest BCUT2D eigenvalue weighted by Crippen LogP contribution is -1.88. The first-order valence-corrected chi connectivity index (χ1v) is 6.04. The maximum Gasteiger partial charge on any atom is 0.123 e. The van der Waals surface area contributed by atoms with Gasteiger partial charge in [-0.2, -0.15) is 0 Å². The van der Waals surface area contributed by atoms with Crippen LogP contribution >= 0.6 is 0 Å². The first-order chi connectivity index (χ1) is 8.72. The van der Waals surface area contributed by atoms with Crippen molar-refractivity contribution >= 4 is 10.9 Å². The Bertz CT molecular complexity index is 680. The van der Waals surface area contributed by atoms with E-state index in [4.69, 9.17) is 0 Å². The van der Waals surface area contributed by atoms with Crippen molar-refractivity contribution in [3.63, 3.8) is 0 Å². The normalized spacial score (nSPS) is 11.0. The van der Waals surface area contributed by atoms with Crippen molar-refractivity contribution in [3.05, 3.63) is 71.2 Å². The summed E-state index contributed by atoms with van der Waals surface area (Å²) < 4.78 is 12.8. The van der Waals surface area contributed by atoms with Gasteiger partial charge in [-0.1, -0.05) is 30.3 Å². The maximum atomic E-state index is 12.8. The number of hydrogen-bond acceptors (Lipinski definition) is 0. The number of nitrogens with one attached hydrogen (secondary N) is 1. The van der Waals surface area contributed by atoms with Crippen molar-refractivity contribution in [3.8, 4) is 0 Å². The molecule has 0 unspecified atom stereocenters. The molecule has 3 aromatic rings. The van der Waals surface area contributed by atoms with Crippen LogP contribution in [0.3, 0.4) is 0 Å². The lowest BCUT2D eigenvalue weighted by molar-refractivity contribution is 0.627. The second-order valence-electron chi connectivity index (χ2n) is 4.64. The van der Waals surface area contributed by atoms with Crippen LogP contribution in [0.2, 0.25) is 0 Å². The largest absolute Gasteiger partial charge is 0.358 e. The zero-order valence-corrected chi connectivity index (χ0v) is 10.2. The summed E-state index contributed by atoms with van der Waals surface area (Å²) in [5.74, 6) is -0.189. The summed E-state index contributed by atoms with van der Waals surface area (Å²) in [5.41, 5.74) is 4.71. The molecule has 0 saturated carbocycles. The third-order valence-corrected chi connectivity index (χ3v) is 3.23. The first-order valence-electron chi connectivity index (χ1n) is 6.04. The molecule has 0 aliphatic carbocycles. The summed E-state index contributed by atoms with van der Waals surface area (Å²) in [4.78, 5) is 3.43. The Morgan fingerprint density at radius 3 is 2.56 bits per heavy atom. The third kappa shape index (κ3) is 2.02. The van der Waals surface area contributed by atoms with Crippen molar-refractivity contribution in [2.45, 2.75) is 13.3 Å². The number of para-hydroxylation sites is 1. The van der Waals surface area contributed by atoms with Gasteiger partial charge >= 0.3 is 0 Å². The van der Waals surface area contributed by atoms with Crippen LogP contribution in [0.1, 0.15) is 16.8 Å². The molecular weight excluding hydrogens is 225 g/mol. The van der Waals surface area contributed by atoms with Crippen LogP contribution in [-0.2, 0) is 6.42 Å². The molecule has 0 saturated heterocycles. The van der Waals surface area contributed by atoms with E-state index in [0.29, 0.717) is 0 Å². The Hall–Kier alpha value is -2.09. The molecule has 2 heteroatoms. The topological polar surface area (TPSA) is 15.8 Å². The number of halogens is 1. The number of hydrogen-bond donors (Lipinski definition) is 1. The number of rotatable bonds is 2. The second-order valence-corrected chi connectivity index (χ2v) is 4.64. The number of H-pyrrole nitrogens is 1. The van der Waals surface area contributed by atoms with Gasteiger partial charge in [-0.3, -0.25) is 0 Å². The fourth-order valence-electron chi connectivity index (χ4n) is 2.28. The Morgan fingerprint density at radius 2 is 1.83 bits per heavy atom. The van der Waals surface area contributed by atoms with E-state index in [0.717, 1.165) is 17.7 Å². The molecule has 2 aromatic carbocycles. The van der Waals surface area contributed by atoms with Gasteiger partial charge in [0.2, 0.25) is 0 Å². The van der Waals surface area contributed by atoms with Crippen LogP contribution in [0.4, 0.5) is 4.39 Å². The molecule has 18 heavy (non-hydrogen) atoms. The molecule has 0 aliphatic heterocycles. The monoisotopic (exact) mass is 239 g/mol. The fourth-order valence-corrected chi connectivity index (χ4v) is 2.28. The highest BCUT2D eigenvalue weighted by atomic mass is 19.1. The minimum Gasteiger partial charge on any atom is -0.358 e. The van der Waals surface area contributed by atoms with Gasteiger partial charge in [-0.15, -0.1) is 0 Å². The Kier molecular flexibility index (Phi) is 2.63. The zero-order chi connectivity index (χ0) is 12.5. The minimum absolute atomic E-state index is 0.189. The van der Waals surface area contributed by atoms with Gasteiger partial charge in [0.1, 0.15) is 5.82 Å². The summed E-state index contributed by atoms with van der Waals surface area (Å²) in [6.07, 6.45) is 0.800. The highest BCUT2D eigenvalue weighted by molar-refractivity contribution is 5.83. The van der Waals surface area contributed by atoms with Crippen molar-refractivity contribution in [2.75, 3.05) is 0 Å². The minimum atomic E-state index is -0.189. The summed E-state index contributed by atoms with van der Waals surface area (Å²) >= 11 is 0. The maximum absolute atomic E-state index is 12.8. The van der Waals surface area contributed by atoms with Crippen molar-refractivity contribution < 1.29 is 4.39 Å². The molecule has 0 atom stereocenters. The van der Waals surface area contributed by atoms with E-state index >= 15 is 0 Å². The van der Waals surface area contributed by atoms with Gasteiger partial charge in [0, 0.05) is 17.6 Å². The molecule has 1 nitrogen and oxygen atoms in total. The number of aromatic amines is 1. The first kappa shape index (κ1) is 11.0. The highest BCUT2D eigenvalue weighted by Crippen LogP contribution is 2.20. The molecule has 3 rings (SSSR count). The average Bonchev–Trinajstić information content (AvgIpc) is 2.76. The van der Waals surface area contributed by atoms with Gasteiger partial charge in [0.25, 0.3) is 0 Å². The summed E-state index contributed by atoms with van der Waals surface area (Å²) in [6, 6.07) is 15.1. The smallest absolute Gasteiger partial charge is 0.123 e. The second kappa shape index (κ2) is 4.30. The number of aromatic nitrogens is 1. The molecule has 0 radical (unpaired) electrons. The fraction of sp³-hybridized carbons (Fsp3) is 0.125. The lowest BCUT2D eigenvalue weighted by atomic mass is 10.1. The molecule has 0 aliphatic rings. The summed E-state index contributed by atoms with van der Waals surface area (Å²) in [5, 5.41) is 1.23. The highest BCUT2D eigenvalue weighted by Gasteiger charge is 2.03. The van der Waals surface area contributed by atoms with Crippen LogP contribution in [0.15, 0.2) is 48.5 Å². The van der Waals surface area contributed by atoms with Crippen LogP contribution < -0.4 is 0 Å². The molecule has 90 valence electrons. The summed E-state index contributed by atoms with van der Waals surface area (Å²) in [7, 11) is 0. The zero-order valence-electron chi connectivity index (χ0n) is 10.2. The van der Waals surface area contributed by atoms with Crippen molar-refractivity contribution in [2.24, 2.45) is 0 Å². The van der Waals surface area contributed by atoms with Crippen molar-refractivity contribution in [1.82, 2.24) is 4.98 Å². The molecule has 0 fully saturated rings. The van der Waals surface area contributed by atoms with E-state index in [9.17, 15) is 4.39 Å². The van der Waals surface area contributed by atoms with Gasteiger partial charge in [0.15, 0.2) is 0 Å². The van der Waals surface area contributed by atoms with Gasteiger partial charge in [0.05, 0.1) is 0 Å². The van der Waals surface area contributed by atoms with E-state index < -0.39 is 0 Å². The van der Waals surface area contributed by atoms with Crippen LogP contribution in [-0.4, -0.2) is 4.98 Å². The Morgan fingerprint density at radius 1 is 1.06 bits per heavy atom. The van der Waals surface area contributed by atoms with Gasteiger partial charge in [-0.05, 0) is 41.6 Å². The molecule has 0 spiro atoms. The quantitative estimate of drug-likeness (QED) is 0.689. The number of benzene rings is 2. The van der Waals surface area contributed by atoms with E-state index in [2.05, 4.69) is 36.2 Å². The predicted molar refractivity (Wildman–Crippen MR) is 72.2 cm³/mol. The van der Waals surface area contributed by atoms with Gasteiger partial charge < -0.3 is 4.98 Å². The van der Waals surface area contributed by atoms with E-state index in [1.165, 1.54) is 28.6 Å². The SMILES string of the molecule is Cc1cccc2cc(Cc3ccc(F)cc3)[nH]c12. The number of fused-ring (bicyclic) bond motifs is 1. The number of aryl methyl sites for hydroxylation is 1. The third-order valence-electron chi connectivity index (χ3n) is 3.23. The van der Waals surface area contributed by atoms with E-state index in [1.807, 2.05) is 12.1 Å². The molecule has 0 bridgehead atoms. The summed E-state index contributed by atoms with van der Waals surface area (Å²) in [6.45, 7) is 2.10. The molecule has 1 heterocycles. The van der Waals surface area contributed by atoms with Crippen LogP contribution in [0.25, 0.3) is 10.9 Å². The predicted octanol–water partition coefficient (Wildman–Crippen LogP) is 4.21. The van der Waals surface area contributed by atoms with Crippen LogP contribution in [0, 0.1) is 12.7 Å². The van der Waals surface area contributed by atoms with Gasteiger partial charge in [-0.25, -0.2) is 4.39 Å². The average molecular weight is 239 g/mol. The molecule has 1 N–H and O–H groups in total. The van der Waals surface area contributed by atoms with E-state index in [-0.39, 0.29) is 5.82 Å². The van der Waals surface area contributed by atoms with E-state index in [1.54, 1.807) is 0 Å².